The van der Waals surface area contributed by atoms with Gasteiger partial charge in [-0.05, 0) is 42.7 Å². The van der Waals surface area contributed by atoms with E-state index in [1.165, 1.54) is 0 Å². The number of pyridine rings is 1. The van der Waals surface area contributed by atoms with E-state index in [9.17, 15) is 0 Å². The van der Waals surface area contributed by atoms with Crippen molar-refractivity contribution < 1.29 is 9.47 Å². The monoisotopic (exact) mass is 350 g/mol. The zero-order valence-electron chi connectivity index (χ0n) is 12.4. The Bertz CT molecular complexity index is 630. The molecule has 0 atom stereocenters. The highest BCUT2D eigenvalue weighted by Gasteiger charge is 2.08. The van der Waals surface area contributed by atoms with Gasteiger partial charge in [-0.1, -0.05) is 29.8 Å². The Hall–Kier alpha value is -1.75. The first-order chi connectivity index (χ1) is 9.95. The van der Waals surface area contributed by atoms with Crippen molar-refractivity contribution in [3.63, 3.8) is 0 Å². The van der Waals surface area contributed by atoms with E-state index in [0.717, 1.165) is 15.8 Å². The molecule has 2 rings (SSSR count). The van der Waals surface area contributed by atoms with Crippen LogP contribution in [0.1, 0.15) is 19.4 Å². The third-order valence-electron chi connectivity index (χ3n) is 2.77. The van der Waals surface area contributed by atoms with Crippen LogP contribution in [0.5, 0.6) is 17.5 Å². The number of nitrogens with two attached hydrogens (primary N) is 1. The zero-order chi connectivity index (χ0) is 15.4. The highest BCUT2D eigenvalue weighted by molar-refractivity contribution is 9.10. The summed E-state index contributed by atoms with van der Waals surface area (Å²) in [4.78, 5) is 4.32. The van der Waals surface area contributed by atoms with Crippen LogP contribution in [0, 0.1) is 12.8 Å². The van der Waals surface area contributed by atoms with Crippen LogP contribution in [0.15, 0.2) is 34.8 Å². The minimum atomic E-state index is 0.407. The molecule has 5 heteroatoms. The summed E-state index contributed by atoms with van der Waals surface area (Å²) in [5.41, 5.74) is 7.40. The molecule has 0 saturated heterocycles. The normalized spacial score (nSPS) is 10.7. The van der Waals surface area contributed by atoms with E-state index >= 15 is 0 Å². The van der Waals surface area contributed by atoms with Crippen LogP contribution < -0.4 is 15.2 Å². The van der Waals surface area contributed by atoms with Crippen molar-refractivity contribution in [3.05, 3.63) is 40.4 Å². The molecule has 0 unspecified atom stereocenters. The van der Waals surface area contributed by atoms with Gasteiger partial charge in [0.05, 0.1) is 12.3 Å². The summed E-state index contributed by atoms with van der Waals surface area (Å²) in [5, 5.41) is 0. The molecule has 112 valence electrons. The number of hydrogen-bond donors (Lipinski definition) is 1. The molecular weight excluding hydrogens is 332 g/mol. The first-order valence-corrected chi connectivity index (χ1v) is 7.58. The van der Waals surface area contributed by atoms with Crippen LogP contribution >= 0.6 is 15.9 Å². The number of aromatic nitrogens is 1. The number of ether oxygens (including phenoxy) is 2. The molecule has 1 aromatic heterocycles. The van der Waals surface area contributed by atoms with Crippen LogP contribution in [0.3, 0.4) is 0 Å². The minimum Gasteiger partial charge on any atom is -0.476 e. The first-order valence-electron chi connectivity index (χ1n) is 6.79. The average molecular weight is 351 g/mol. The molecule has 2 aromatic rings. The topological polar surface area (TPSA) is 57.4 Å². The van der Waals surface area contributed by atoms with Crippen molar-refractivity contribution in [1.29, 1.82) is 0 Å². The van der Waals surface area contributed by atoms with E-state index in [1.54, 1.807) is 12.1 Å². The molecule has 0 radical (unpaired) electrons. The molecule has 2 N–H and O–H groups in total. The fraction of sp³-hybridized carbons (Fsp3) is 0.312. The third kappa shape index (κ3) is 4.36. The van der Waals surface area contributed by atoms with E-state index in [2.05, 4.69) is 34.8 Å². The maximum atomic E-state index is 5.87. The van der Waals surface area contributed by atoms with E-state index in [-0.39, 0.29) is 0 Å². The number of benzene rings is 1. The van der Waals surface area contributed by atoms with Gasteiger partial charge in [0.15, 0.2) is 0 Å². The highest BCUT2D eigenvalue weighted by Crippen LogP contribution is 2.29. The maximum Gasteiger partial charge on any atom is 0.240 e. The van der Waals surface area contributed by atoms with Crippen molar-refractivity contribution in [1.82, 2.24) is 4.98 Å². The average Bonchev–Trinajstić information content (AvgIpc) is 2.42. The van der Waals surface area contributed by atoms with Crippen molar-refractivity contribution in [3.8, 4) is 17.5 Å². The second-order valence-electron chi connectivity index (χ2n) is 5.26. The van der Waals surface area contributed by atoms with Gasteiger partial charge >= 0.3 is 0 Å². The summed E-state index contributed by atoms with van der Waals surface area (Å²) in [7, 11) is 0. The largest absolute Gasteiger partial charge is 0.476 e. The van der Waals surface area contributed by atoms with Crippen molar-refractivity contribution in [2.75, 3.05) is 12.3 Å². The lowest BCUT2D eigenvalue weighted by Gasteiger charge is -2.12. The second kappa shape index (κ2) is 6.80. The van der Waals surface area contributed by atoms with Crippen LogP contribution in [-0.2, 0) is 0 Å². The second-order valence-corrected chi connectivity index (χ2v) is 6.18. The molecule has 0 bridgehead atoms. The van der Waals surface area contributed by atoms with Gasteiger partial charge in [-0.25, -0.2) is 0 Å². The predicted octanol–water partition coefficient (Wildman–Crippen LogP) is 4.56. The van der Waals surface area contributed by atoms with Gasteiger partial charge in [-0.2, -0.15) is 4.98 Å². The van der Waals surface area contributed by atoms with Crippen molar-refractivity contribution in [2.24, 2.45) is 5.92 Å². The number of nitrogens with zero attached hydrogens (tertiary/aromatic N) is 1. The standard InChI is InChI=1S/C16H19BrN2O2/c1-10(2)9-20-16-13(18)5-7-15(19-16)21-14-6-4-12(17)8-11(14)3/h4-8,10H,9,18H2,1-3H3. The summed E-state index contributed by atoms with van der Waals surface area (Å²) in [6.45, 7) is 6.69. The highest BCUT2D eigenvalue weighted by atomic mass is 79.9. The molecule has 0 aliphatic rings. The summed E-state index contributed by atoms with van der Waals surface area (Å²) in [6.07, 6.45) is 0. The zero-order valence-corrected chi connectivity index (χ0v) is 14.0. The van der Waals surface area contributed by atoms with Crippen molar-refractivity contribution in [2.45, 2.75) is 20.8 Å². The molecule has 1 heterocycles. The number of halogens is 1. The first kappa shape index (κ1) is 15.6. The molecular formula is C16H19BrN2O2. The lowest BCUT2D eigenvalue weighted by molar-refractivity contribution is 0.260. The maximum absolute atomic E-state index is 5.87. The predicted molar refractivity (Wildman–Crippen MR) is 87.9 cm³/mol. The Labute approximate surface area is 133 Å². The SMILES string of the molecule is Cc1cc(Br)ccc1Oc1ccc(N)c(OCC(C)C)n1. The lowest BCUT2D eigenvalue weighted by Crippen LogP contribution is -2.07. The Balaban J connectivity index is 2.18. The molecule has 21 heavy (non-hydrogen) atoms. The molecule has 0 saturated carbocycles. The van der Waals surface area contributed by atoms with Gasteiger partial charge < -0.3 is 15.2 Å². The smallest absolute Gasteiger partial charge is 0.240 e. The van der Waals surface area contributed by atoms with Gasteiger partial charge in [0, 0.05) is 10.5 Å². The van der Waals surface area contributed by atoms with Crippen LogP contribution in [0.4, 0.5) is 5.69 Å². The molecule has 0 fully saturated rings. The quantitative estimate of drug-likeness (QED) is 0.858. The number of anilines is 1. The van der Waals surface area contributed by atoms with Gasteiger partial charge in [-0.3, -0.25) is 0 Å². The van der Waals surface area contributed by atoms with Crippen LogP contribution in [0.2, 0.25) is 0 Å². The summed E-state index contributed by atoms with van der Waals surface area (Å²) in [6, 6.07) is 9.29. The number of aryl methyl sites for hydroxylation is 1. The van der Waals surface area contributed by atoms with Gasteiger partial charge in [0.2, 0.25) is 11.8 Å². The van der Waals surface area contributed by atoms with E-state index in [1.807, 2.05) is 25.1 Å². The number of rotatable bonds is 5. The third-order valence-corrected chi connectivity index (χ3v) is 3.26. The lowest BCUT2D eigenvalue weighted by atomic mass is 10.2. The van der Waals surface area contributed by atoms with E-state index in [0.29, 0.717) is 30.0 Å². The molecule has 4 nitrogen and oxygen atoms in total. The van der Waals surface area contributed by atoms with E-state index < -0.39 is 0 Å². The molecule has 0 aliphatic carbocycles. The summed E-state index contributed by atoms with van der Waals surface area (Å²) in [5.74, 6) is 2.04. The van der Waals surface area contributed by atoms with Gasteiger partial charge in [0.1, 0.15) is 5.75 Å². The number of nitrogen functional groups attached to an aromatic ring is 1. The van der Waals surface area contributed by atoms with Crippen molar-refractivity contribution >= 4 is 21.6 Å². The Morgan fingerprint density at radius 3 is 2.67 bits per heavy atom. The van der Waals surface area contributed by atoms with E-state index in [4.69, 9.17) is 15.2 Å². The molecule has 0 aliphatic heterocycles. The molecule has 0 amide bonds. The molecule has 0 spiro atoms. The Morgan fingerprint density at radius 1 is 1.24 bits per heavy atom. The van der Waals surface area contributed by atoms with Gasteiger partial charge in [-0.15, -0.1) is 0 Å². The van der Waals surface area contributed by atoms with Crippen LogP contribution in [0.25, 0.3) is 0 Å². The Kier molecular flexibility index (Phi) is 5.07. The fourth-order valence-electron chi connectivity index (χ4n) is 1.69. The summed E-state index contributed by atoms with van der Waals surface area (Å²) >= 11 is 3.43. The minimum absolute atomic E-state index is 0.407. The number of hydrogen-bond acceptors (Lipinski definition) is 4. The Morgan fingerprint density at radius 2 is 2.00 bits per heavy atom. The fourth-order valence-corrected chi connectivity index (χ4v) is 2.17. The summed E-state index contributed by atoms with van der Waals surface area (Å²) < 4.78 is 12.4. The molecule has 1 aromatic carbocycles. The van der Waals surface area contributed by atoms with Gasteiger partial charge in [0.25, 0.3) is 0 Å². The van der Waals surface area contributed by atoms with Crippen LogP contribution in [-0.4, -0.2) is 11.6 Å².